The van der Waals surface area contributed by atoms with E-state index in [0.717, 1.165) is 5.56 Å². The lowest BCUT2D eigenvalue weighted by molar-refractivity contribution is 0.0950. The summed E-state index contributed by atoms with van der Waals surface area (Å²) in [7, 11) is 0. The van der Waals surface area contributed by atoms with E-state index >= 15 is 0 Å². The minimum Gasteiger partial charge on any atom is -0.454 e. The van der Waals surface area contributed by atoms with Gasteiger partial charge in [0.05, 0.1) is 11.3 Å². The van der Waals surface area contributed by atoms with Crippen LogP contribution < -0.4 is 14.8 Å². The first-order valence-corrected chi connectivity index (χ1v) is 8.08. The van der Waals surface area contributed by atoms with Crippen molar-refractivity contribution in [1.82, 2.24) is 10.3 Å². The molecular weight excluding hydrogens is 335 g/mol. The third-order valence-electron chi connectivity index (χ3n) is 4.04. The molecule has 1 aliphatic heterocycles. The summed E-state index contributed by atoms with van der Waals surface area (Å²) >= 11 is 0. The molecule has 5 nitrogen and oxygen atoms in total. The molecule has 0 fully saturated rings. The van der Waals surface area contributed by atoms with Crippen molar-refractivity contribution in [3.8, 4) is 22.8 Å². The van der Waals surface area contributed by atoms with Crippen LogP contribution >= 0.6 is 0 Å². The van der Waals surface area contributed by atoms with Crippen LogP contribution in [0, 0.1) is 5.82 Å². The maximum Gasteiger partial charge on any atom is 0.253 e. The van der Waals surface area contributed by atoms with Crippen molar-refractivity contribution in [1.29, 1.82) is 0 Å². The number of nitrogens with one attached hydrogen (secondary N) is 1. The SMILES string of the molecule is O=C(NCc1ccc2c(c1)OCO2)c1ccc(-c2cccc(F)c2)nc1. The molecule has 0 saturated heterocycles. The van der Waals surface area contributed by atoms with Crippen molar-refractivity contribution in [2.24, 2.45) is 0 Å². The van der Waals surface area contributed by atoms with Crippen LogP contribution in [-0.4, -0.2) is 17.7 Å². The van der Waals surface area contributed by atoms with Crippen LogP contribution in [0.25, 0.3) is 11.3 Å². The van der Waals surface area contributed by atoms with E-state index in [-0.39, 0.29) is 18.5 Å². The first-order chi connectivity index (χ1) is 12.7. The number of amides is 1. The van der Waals surface area contributed by atoms with Crippen LogP contribution in [0.2, 0.25) is 0 Å². The summed E-state index contributed by atoms with van der Waals surface area (Å²) in [4.78, 5) is 16.5. The van der Waals surface area contributed by atoms with Crippen molar-refractivity contribution in [3.05, 3.63) is 77.7 Å². The number of halogens is 1. The third kappa shape index (κ3) is 3.35. The number of fused-ring (bicyclic) bond motifs is 1. The van der Waals surface area contributed by atoms with Gasteiger partial charge in [-0.2, -0.15) is 0 Å². The molecule has 0 radical (unpaired) electrons. The molecule has 1 N–H and O–H groups in total. The molecule has 0 saturated carbocycles. The Morgan fingerprint density at radius 3 is 2.77 bits per heavy atom. The van der Waals surface area contributed by atoms with Gasteiger partial charge in [-0.1, -0.05) is 18.2 Å². The van der Waals surface area contributed by atoms with Gasteiger partial charge in [0.1, 0.15) is 5.82 Å². The fourth-order valence-corrected chi connectivity index (χ4v) is 2.68. The number of pyridine rings is 1. The van der Waals surface area contributed by atoms with E-state index in [4.69, 9.17) is 9.47 Å². The number of rotatable bonds is 4. The minimum atomic E-state index is -0.324. The summed E-state index contributed by atoms with van der Waals surface area (Å²) in [6, 6.07) is 15.1. The molecule has 130 valence electrons. The molecule has 0 unspecified atom stereocenters. The Bertz CT molecular complexity index is 958. The molecule has 1 aromatic heterocycles. The molecule has 1 amide bonds. The number of carbonyl (C=O) groups is 1. The van der Waals surface area contributed by atoms with E-state index in [1.807, 2.05) is 18.2 Å². The van der Waals surface area contributed by atoms with E-state index in [1.54, 1.807) is 24.3 Å². The second-order valence-electron chi connectivity index (χ2n) is 5.81. The Hall–Kier alpha value is -3.41. The molecule has 0 spiro atoms. The normalized spacial score (nSPS) is 12.0. The van der Waals surface area contributed by atoms with E-state index in [0.29, 0.717) is 34.9 Å². The van der Waals surface area contributed by atoms with Gasteiger partial charge in [-0.3, -0.25) is 9.78 Å². The van der Waals surface area contributed by atoms with Gasteiger partial charge in [0.25, 0.3) is 5.91 Å². The van der Waals surface area contributed by atoms with Gasteiger partial charge in [-0.05, 0) is 42.0 Å². The Labute approximate surface area is 149 Å². The van der Waals surface area contributed by atoms with Gasteiger partial charge in [0.15, 0.2) is 11.5 Å². The third-order valence-corrected chi connectivity index (χ3v) is 4.04. The zero-order chi connectivity index (χ0) is 17.9. The summed E-state index contributed by atoms with van der Waals surface area (Å²) in [5.74, 6) is 0.825. The lowest BCUT2D eigenvalue weighted by Gasteiger charge is -2.07. The fourth-order valence-electron chi connectivity index (χ4n) is 2.68. The Kier molecular flexibility index (Phi) is 4.23. The summed E-state index contributed by atoms with van der Waals surface area (Å²) in [5, 5.41) is 2.84. The number of benzene rings is 2. The molecule has 0 atom stereocenters. The molecule has 1 aliphatic rings. The molecule has 4 rings (SSSR count). The Balaban J connectivity index is 1.42. The quantitative estimate of drug-likeness (QED) is 0.782. The van der Waals surface area contributed by atoms with Crippen molar-refractivity contribution < 1.29 is 18.7 Å². The zero-order valence-electron chi connectivity index (χ0n) is 13.7. The largest absolute Gasteiger partial charge is 0.454 e. The highest BCUT2D eigenvalue weighted by atomic mass is 19.1. The van der Waals surface area contributed by atoms with Crippen molar-refractivity contribution in [3.63, 3.8) is 0 Å². The molecule has 2 aromatic carbocycles. The maximum absolute atomic E-state index is 13.3. The van der Waals surface area contributed by atoms with Gasteiger partial charge >= 0.3 is 0 Å². The van der Waals surface area contributed by atoms with Crippen LogP contribution in [0.1, 0.15) is 15.9 Å². The zero-order valence-corrected chi connectivity index (χ0v) is 13.7. The van der Waals surface area contributed by atoms with E-state index < -0.39 is 0 Å². The first kappa shape index (κ1) is 16.1. The van der Waals surface area contributed by atoms with Crippen LogP contribution in [-0.2, 0) is 6.54 Å². The Morgan fingerprint density at radius 1 is 1.08 bits per heavy atom. The highest BCUT2D eigenvalue weighted by Crippen LogP contribution is 2.32. The van der Waals surface area contributed by atoms with Crippen molar-refractivity contribution in [2.75, 3.05) is 6.79 Å². The lowest BCUT2D eigenvalue weighted by atomic mass is 10.1. The Morgan fingerprint density at radius 2 is 1.96 bits per heavy atom. The minimum absolute atomic E-state index is 0.217. The molecule has 26 heavy (non-hydrogen) atoms. The monoisotopic (exact) mass is 350 g/mol. The fraction of sp³-hybridized carbons (Fsp3) is 0.100. The van der Waals surface area contributed by atoms with Gasteiger partial charge in [-0.25, -0.2) is 4.39 Å². The maximum atomic E-state index is 13.3. The van der Waals surface area contributed by atoms with Crippen LogP contribution in [0.3, 0.4) is 0 Å². The van der Waals surface area contributed by atoms with Gasteiger partial charge in [-0.15, -0.1) is 0 Å². The summed E-state index contributed by atoms with van der Waals surface area (Å²) in [6.07, 6.45) is 1.48. The van der Waals surface area contributed by atoms with Crippen LogP contribution in [0.5, 0.6) is 11.5 Å². The molecule has 2 heterocycles. The highest BCUT2D eigenvalue weighted by Gasteiger charge is 2.14. The highest BCUT2D eigenvalue weighted by molar-refractivity contribution is 5.94. The van der Waals surface area contributed by atoms with Gasteiger partial charge < -0.3 is 14.8 Å². The summed E-state index contributed by atoms with van der Waals surface area (Å²) in [6.45, 7) is 0.579. The number of carbonyl (C=O) groups excluding carboxylic acids is 1. The number of hydrogen-bond donors (Lipinski definition) is 1. The second-order valence-corrected chi connectivity index (χ2v) is 5.81. The number of nitrogens with zero attached hydrogens (tertiary/aromatic N) is 1. The number of ether oxygens (including phenoxy) is 2. The number of hydrogen-bond acceptors (Lipinski definition) is 4. The van der Waals surface area contributed by atoms with Gasteiger partial charge in [0.2, 0.25) is 6.79 Å². The smallest absolute Gasteiger partial charge is 0.253 e. The molecular formula is C20H15FN2O3. The molecule has 0 bridgehead atoms. The molecule has 3 aromatic rings. The van der Waals surface area contributed by atoms with E-state index in [9.17, 15) is 9.18 Å². The summed E-state index contributed by atoms with van der Waals surface area (Å²) in [5.41, 5.74) is 2.62. The van der Waals surface area contributed by atoms with Crippen molar-refractivity contribution in [2.45, 2.75) is 6.54 Å². The predicted octanol–water partition coefficient (Wildman–Crippen LogP) is 3.55. The van der Waals surface area contributed by atoms with Crippen molar-refractivity contribution >= 4 is 5.91 Å². The second kappa shape index (κ2) is 6.84. The molecule has 0 aliphatic carbocycles. The number of aromatic nitrogens is 1. The van der Waals surface area contributed by atoms with Gasteiger partial charge in [0, 0.05) is 18.3 Å². The lowest BCUT2D eigenvalue weighted by Crippen LogP contribution is -2.22. The van der Waals surface area contributed by atoms with E-state index in [1.165, 1.54) is 18.3 Å². The average Bonchev–Trinajstić information content (AvgIpc) is 3.14. The topological polar surface area (TPSA) is 60.5 Å². The molecule has 6 heteroatoms. The summed E-state index contributed by atoms with van der Waals surface area (Å²) < 4.78 is 23.9. The standard InChI is InChI=1S/C20H15FN2O3/c21-16-3-1-2-14(9-16)17-6-5-15(11-22-17)20(24)23-10-13-4-7-18-19(8-13)26-12-25-18/h1-9,11H,10,12H2,(H,23,24). The van der Waals surface area contributed by atoms with Crippen LogP contribution in [0.15, 0.2) is 60.8 Å². The van der Waals surface area contributed by atoms with Crippen LogP contribution in [0.4, 0.5) is 4.39 Å². The predicted molar refractivity (Wildman–Crippen MR) is 93.4 cm³/mol. The first-order valence-electron chi connectivity index (χ1n) is 8.08. The van der Waals surface area contributed by atoms with E-state index in [2.05, 4.69) is 10.3 Å². The average molecular weight is 350 g/mol.